The van der Waals surface area contributed by atoms with Gasteiger partial charge in [0.05, 0.1) is 12.2 Å². The maximum Gasteiger partial charge on any atom is 0.119 e. The van der Waals surface area contributed by atoms with E-state index in [1.165, 1.54) is 25.7 Å². The average molecular weight is 292 g/mol. The van der Waals surface area contributed by atoms with E-state index in [0.29, 0.717) is 6.10 Å². The highest BCUT2D eigenvalue weighted by Gasteiger charge is 2.09. The maximum atomic E-state index is 6.06. The molecule has 1 atom stereocenters. The van der Waals surface area contributed by atoms with Gasteiger partial charge in [-0.3, -0.25) is 0 Å². The first-order valence-electron chi connectivity index (χ1n) is 8.62. The summed E-state index contributed by atoms with van der Waals surface area (Å²) in [4.78, 5) is 0. The molecule has 0 fully saturated rings. The van der Waals surface area contributed by atoms with Crippen LogP contribution in [0.5, 0.6) is 11.5 Å². The molecular weight excluding hydrogens is 260 g/mol. The van der Waals surface area contributed by atoms with E-state index in [9.17, 15) is 0 Å². The van der Waals surface area contributed by atoms with Crippen molar-refractivity contribution in [2.24, 2.45) is 0 Å². The van der Waals surface area contributed by atoms with Crippen LogP contribution in [0.15, 0.2) is 24.3 Å². The van der Waals surface area contributed by atoms with Crippen LogP contribution in [0.3, 0.4) is 0 Å². The Hall–Kier alpha value is -1.18. The van der Waals surface area contributed by atoms with Gasteiger partial charge in [-0.1, -0.05) is 46.5 Å². The number of unbranched alkanes of at least 4 members (excludes halogenated alkanes) is 1. The number of hydrogen-bond donors (Lipinski definition) is 0. The van der Waals surface area contributed by atoms with Crippen LogP contribution < -0.4 is 9.47 Å². The molecule has 0 saturated carbocycles. The summed E-state index contributed by atoms with van der Waals surface area (Å²) in [5, 5.41) is 0. The first-order valence-corrected chi connectivity index (χ1v) is 8.62. The van der Waals surface area contributed by atoms with Gasteiger partial charge >= 0.3 is 0 Å². The molecule has 0 aliphatic rings. The standard InChI is InChI=1S/C19H32O2/c1-5-8-11-16(4)20-18-12-14-19(15-13-18)21-17(9-6-2)10-7-3/h12-17H,5-11H2,1-4H3. The molecule has 0 heterocycles. The van der Waals surface area contributed by atoms with E-state index in [4.69, 9.17) is 9.47 Å². The summed E-state index contributed by atoms with van der Waals surface area (Å²) in [6, 6.07) is 8.10. The van der Waals surface area contributed by atoms with Crippen LogP contribution in [0.2, 0.25) is 0 Å². The van der Waals surface area contributed by atoms with Crippen molar-refractivity contribution in [1.29, 1.82) is 0 Å². The predicted molar refractivity (Wildman–Crippen MR) is 90.3 cm³/mol. The third-order valence-electron chi connectivity index (χ3n) is 3.65. The fourth-order valence-corrected chi connectivity index (χ4v) is 2.48. The minimum atomic E-state index is 0.282. The van der Waals surface area contributed by atoms with E-state index in [2.05, 4.69) is 27.7 Å². The predicted octanol–water partition coefficient (Wildman–Crippen LogP) is 5.99. The zero-order valence-corrected chi connectivity index (χ0v) is 14.2. The van der Waals surface area contributed by atoms with Gasteiger partial charge in [0.15, 0.2) is 0 Å². The van der Waals surface area contributed by atoms with Gasteiger partial charge in [0.1, 0.15) is 11.5 Å². The van der Waals surface area contributed by atoms with Crippen molar-refractivity contribution in [3.05, 3.63) is 24.3 Å². The topological polar surface area (TPSA) is 18.5 Å². The van der Waals surface area contributed by atoms with Crippen molar-refractivity contribution in [2.45, 2.75) is 84.8 Å². The van der Waals surface area contributed by atoms with E-state index in [1.54, 1.807) is 0 Å². The van der Waals surface area contributed by atoms with Gasteiger partial charge in [0, 0.05) is 0 Å². The molecule has 1 aromatic carbocycles. The fraction of sp³-hybridized carbons (Fsp3) is 0.684. The van der Waals surface area contributed by atoms with E-state index in [0.717, 1.165) is 30.8 Å². The summed E-state index contributed by atoms with van der Waals surface area (Å²) in [6.07, 6.45) is 8.76. The molecule has 2 nitrogen and oxygen atoms in total. The molecule has 1 aromatic rings. The minimum Gasteiger partial charge on any atom is -0.491 e. The SMILES string of the molecule is CCCCC(C)Oc1ccc(OC(CCC)CCC)cc1. The molecule has 1 unspecified atom stereocenters. The smallest absolute Gasteiger partial charge is 0.119 e. The van der Waals surface area contributed by atoms with Gasteiger partial charge in [0.2, 0.25) is 0 Å². The van der Waals surface area contributed by atoms with Crippen molar-refractivity contribution in [3.8, 4) is 11.5 Å². The van der Waals surface area contributed by atoms with Gasteiger partial charge in [-0.15, -0.1) is 0 Å². The molecule has 0 amide bonds. The second-order valence-corrected chi connectivity index (χ2v) is 5.86. The van der Waals surface area contributed by atoms with Crippen LogP contribution in [0.1, 0.15) is 72.6 Å². The molecule has 0 radical (unpaired) electrons. The summed E-state index contributed by atoms with van der Waals surface area (Å²) in [6.45, 7) is 8.77. The molecule has 21 heavy (non-hydrogen) atoms. The molecule has 0 aromatic heterocycles. The van der Waals surface area contributed by atoms with Crippen LogP contribution in [0.4, 0.5) is 0 Å². The Morgan fingerprint density at radius 2 is 1.29 bits per heavy atom. The highest BCUT2D eigenvalue weighted by Crippen LogP contribution is 2.22. The molecular formula is C19H32O2. The second kappa shape index (κ2) is 10.5. The lowest BCUT2D eigenvalue weighted by Gasteiger charge is -2.19. The maximum absolute atomic E-state index is 6.06. The van der Waals surface area contributed by atoms with Crippen LogP contribution in [0, 0.1) is 0 Å². The van der Waals surface area contributed by atoms with Gasteiger partial charge in [-0.25, -0.2) is 0 Å². The molecule has 0 aliphatic carbocycles. The quantitative estimate of drug-likeness (QED) is 0.498. The average Bonchev–Trinajstić information content (AvgIpc) is 2.48. The molecule has 0 N–H and O–H groups in total. The zero-order valence-electron chi connectivity index (χ0n) is 14.2. The highest BCUT2D eigenvalue weighted by molar-refractivity contribution is 5.31. The normalized spacial score (nSPS) is 12.4. The lowest BCUT2D eigenvalue weighted by molar-refractivity contribution is 0.177. The third kappa shape index (κ3) is 7.40. The Labute approximate surface area is 130 Å². The Morgan fingerprint density at radius 3 is 1.76 bits per heavy atom. The third-order valence-corrected chi connectivity index (χ3v) is 3.65. The van der Waals surface area contributed by atoms with E-state index < -0.39 is 0 Å². The number of hydrogen-bond acceptors (Lipinski definition) is 2. The van der Waals surface area contributed by atoms with Crippen molar-refractivity contribution in [1.82, 2.24) is 0 Å². The Kier molecular flexibility index (Phi) is 8.96. The lowest BCUT2D eigenvalue weighted by Crippen LogP contribution is -2.16. The molecule has 2 heteroatoms. The molecule has 0 bridgehead atoms. The fourth-order valence-electron chi connectivity index (χ4n) is 2.48. The first kappa shape index (κ1) is 17.9. The van der Waals surface area contributed by atoms with Crippen LogP contribution >= 0.6 is 0 Å². The molecule has 0 saturated heterocycles. The number of ether oxygens (including phenoxy) is 2. The lowest BCUT2D eigenvalue weighted by atomic mass is 10.1. The number of benzene rings is 1. The Morgan fingerprint density at radius 1 is 0.762 bits per heavy atom. The van der Waals surface area contributed by atoms with Crippen LogP contribution in [-0.4, -0.2) is 12.2 Å². The van der Waals surface area contributed by atoms with E-state index >= 15 is 0 Å². The van der Waals surface area contributed by atoms with Crippen LogP contribution in [0.25, 0.3) is 0 Å². The van der Waals surface area contributed by atoms with Crippen LogP contribution in [-0.2, 0) is 0 Å². The molecule has 0 spiro atoms. The Bertz CT molecular complexity index is 352. The largest absolute Gasteiger partial charge is 0.491 e. The monoisotopic (exact) mass is 292 g/mol. The summed E-state index contributed by atoms with van der Waals surface area (Å²) >= 11 is 0. The summed E-state index contributed by atoms with van der Waals surface area (Å²) < 4.78 is 12.0. The van der Waals surface area contributed by atoms with Crippen molar-refractivity contribution in [2.75, 3.05) is 0 Å². The van der Waals surface area contributed by atoms with E-state index in [1.807, 2.05) is 24.3 Å². The van der Waals surface area contributed by atoms with Crippen molar-refractivity contribution < 1.29 is 9.47 Å². The Balaban J connectivity index is 2.48. The van der Waals surface area contributed by atoms with Gasteiger partial charge < -0.3 is 9.47 Å². The molecule has 120 valence electrons. The summed E-state index contributed by atoms with van der Waals surface area (Å²) in [7, 11) is 0. The van der Waals surface area contributed by atoms with Crippen molar-refractivity contribution in [3.63, 3.8) is 0 Å². The second-order valence-electron chi connectivity index (χ2n) is 5.86. The first-order chi connectivity index (χ1) is 10.2. The van der Waals surface area contributed by atoms with Gasteiger partial charge in [-0.2, -0.15) is 0 Å². The van der Waals surface area contributed by atoms with Gasteiger partial charge in [-0.05, 0) is 50.5 Å². The van der Waals surface area contributed by atoms with E-state index in [-0.39, 0.29) is 6.10 Å². The summed E-state index contributed by atoms with van der Waals surface area (Å²) in [5.41, 5.74) is 0. The highest BCUT2D eigenvalue weighted by atomic mass is 16.5. The van der Waals surface area contributed by atoms with Gasteiger partial charge in [0.25, 0.3) is 0 Å². The zero-order chi connectivity index (χ0) is 15.5. The molecule has 1 rings (SSSR count). The minimum absolute atomic E-state index is 0.282. The van der Waals surface area contributed by atoms with Crippen molar-refractivity contribution >= 4 is 0 Å². The molecule has 0 aliphatic heterocycles. The number of rotatable bonds is 11. The summed E-state index contributed by atoms with van der Waals surface area (Å²) in [5.74, 6) is 1.89.